The van der Waals surface area contributed by atoms with Gasteiger partial charge in [-0.15, -0.1) is 0 Å². The number of benzene rings is 2. The van der Waals surface area contributed by atoms with Crippen LogP contribution in [0.2, 0.25) is 0 Å². The fourth-order valence-electron chi connectivity index (χ4n) is 3.45. The van der Waals surface area contributed by atoms with Gasteiger partial charge in [0, 0.05) is 11.9 Å². The Morgan fingerprint density at radius 2 is 1.79 bits per heavy atom. The number of rotatable bonds is 9. The average Bonchev–Trinajstić information content (AvgIpc) is 2.81. The van der Waals surface area contributed by atoms with Gasteiger partial charge in [-0.05, 0) is 75.0 Å². The van der Waals surface area contributed by atoms with Crippen LogP contribution in [0, 0.1) is 12.7 Å². The summed E-state index contributed by atoms with van der Waals surface area (Å²) in [6.45, 7) is 3.86. The maximum absolute atomic E-state index is 13.5. The lowest BCUT2D eigenvalue weighted by molar-refractivity contribution is 0.284. The summed E-state index contributed by atoms with van der Waals surface area (Å²) in [5.74, 6) is 1.07. The second-order valence-electron chi connectivity index (χ2n) is 8.12. The number of hydrogen-bond acceptors (Lipinski definition) is 7. The van der Waals surface area contributed by atoms with Crippen molar-refractivity contribution in [1.82, 2.24) is 25.1 Å². The van der Waals surface area contributed by atoms with Crippen molar-refractivity contribution in [3.05, 3.63) is 72.1 Å². The molecule has 2 heterocycles. The molecule has 7 nitrogen and oxygen atoms in total. The van der Waals surface area contributed by atoms with Crippen LogP contribution in [0.1, 0.15) is 17.8 Å². The van der Waals surface area contributed by atoms with Crippen molar-refractivity contribution < 1.29 is 9.13 Å². The standard InChI is InChI=1S/C25H27FN6O/c1-17-5-10-21(31-30-17)15-27-25-22-13-19(18-6-8-20(26)9-7-18)14-23(24(22)28-16-29-25)33-12-4-11-32(2)3/h5-10,13-14,16H,4,11-12,15H2,1-3H3,(H,27,28,29). The molecule has 2 aromatic heterocycles. The maximum atomic E-state index is 13.5. The van der Waals surface area contributed by atoms with Gasteiger partial charge in [0.05, 0.1) is 24.5 Å². The van der Waals surface area contributed by atoms with E-state index in [1.54, 1.807) is 12.1 Å². The summed E-state index contributed by atoms with van der Waals surface area (Å²) in [7, 11) is 4.07. The number of nitrogens with one attached hydrogen (secondary N) is 1. The van der Waals surface area contributed by atoms with Crippen LogP contribution in [0.15, 0.2) is 54.9 Å². The molecule has 170 valence electrons. The van der Waals surface area contributed by atoms with Crippen molar-refractivity contribution in [2.75, 3.05) is 32.6 Å². The summed E-state index contributed by atoms with van der Waals surface area (Å²) in [4.78, 5) is 11.1. The molecule has 0 aliphatic rings. The molecule has 0 saturated carbocycles. The zero-order valence-electron chi connectivity index (χ0n) is 19.0. The van der Waals surface area contributed by atoms with Gasteiger partial charge in [0.2, 0.25) is 0 Å². The number of anilines is 1. The highest BCUT2D eigenvalue weighted by Crippen LogP contribution is 2.34. The summed E-state index contributed by atoms with van der Waals surface area (Å²) in [5, 5.41) is 12.5. The van der Waals surface area contributed by atoms with Crippen molar-refractivity contribution in [3.63, 3.8) is 0 Å². The third-order valence-corrected chi connectivity index (χ3v) is 5.18. The second-order valence-corrected chi connectivity index (χ2v) is 8.12. The summed E-state index contributed by atoms with van der Waals surface area (Å²) < 4.78 is 19.6. The van der Waals surface area contributed by atoms with Gasteiger partial charge in [-0.3, -0.25) is 0 Å². The highest BCUT2D eigenvalue weighted by atomic mass is 19.1. The molecule has 0 spiro atoms. The molecule has 0 aliphatic carbocycles. The number of fused-ring (bicyclic) bond motifs is 1. The lowest BCUT2D eigenvalue weighted by atomic mass is 10.0. The number of aryl methyl sites for hydroxylation is 1. The Morgan fingerprint density at radius 1 is 0.970 bits per heavy atom. The summed E-state index contributed by atoms with van der Waals surface area (Å²) >= 11 is 0. The van der Waals surface area contributed by atoms with Crippen molar-refractivity contribution in [1.29, 1.82) is 0 Å². The Hall–Kier alpha value is -3.65. The van der Waals surface area contributed by atoms with Crippen molar-refractivity contribution in [2.45, 2.75) is 19.9 Å². The average molecular weight is 447 g/mol. The minimum atomic E-state index is -0.274. The molecular weight excluding hydrogens is 419 g/mol. The molecule has 0 amide bonds. The number of nitrogens with zero attached hydrogens (tertiary/aromatic N) is 5. The highest BCUT2D eigenvalue weighted by Gasteiger charge is 2.13. The van der Waals surface area contributed by atoms with Gasteiger partial charge in [-0.1, -0.05) is 12.1 Å². The SMILES string of the molecule is Cc1ccc(CNc2ncnc3c(OCCCN(C)C)cc(-c4ccc(F)cc4)cc23)nn1. The molecule has 0 aliphatic heterocycles. The van der Waals surface area contributed by atoms with Crippen LogP contribution in [0.3, 0.4) is 0 Å². The second kappa shape index (κ2) is 10.3. The monoisotopic (exact) mass is 446 g/mol. The molecule has 1 N–H and O–H groups in total. The van der Waals surface area contributed by atoms with E-state index in [0.717, 1.165) is 46.4 Å². The predicted octanol–water partition coefficient (Wildman–Crippen LogP) is 4.48. The van der Waals surface area contributed by atoms with E-state index in [2.05, 4.69) is 30.4 Å². The predicted molar refractivity (Wildman–Crippen MR) is 128 cm³/mol. The number of ether oxygens (including phenoxy) is 1. The Labute approximate surface area is 192 Å². The number of aromatic nitrogens is 4. The first kappa shape index (κ1) is 22.5. The van der Waals surface area contributed by atoms with E-state index in [4.69, 9.17) is 4.74 Å². The van der Waals surface area contributed by atoms with E-state index in [0.29, 0.717) is 24.7 Å². The maximum Gasteiger partial charge on any atom is 0.146 e. The number of halogens is 1. The molecular formula is C25H27FN6O. The van der Waals surface area contributed by atoms with Gasteiger partial charge in [0.1, 0.15) is 29.2 Å². The zero-order valence-corrected chi connectivity index (χ0v) is 19.0. The van der Waals surface area contributed by atoms with E-state index in [9.17, 15) is 4.39 Å². The van der Waals surface area contributed by atoms with Crippen molar-refractivity contribution in [2.24, 2.45) is 0 Å². The first-order valence-electron chi connectivity index (χ1n) is 10.8. The van der Waals surface area contributed by atoms with Gasteiger partial charge >= 0.3 is 0 Å². The highest BCUT2D eigenvalue weighted by molar-refractivity contribution is 5.96. The zero-order chi connectivity index (χ0) is 23.2. The van der Waals surface area contributed by atoms with E-state index < -0.39 is 0 Å². The van der Waals surface area contributed by atoms with Crippen LogP contribution >= 0.6 is 0 Å². The largest absolute Gasteiger partial charge is 0.491 e. The van der Waals surface area contributed by atoms with Crippen molar-refractivity contribution in [3.8, 4) is 16.9 Å². The van der Waals surface area contributed by atoms with Gasteiger partial charge < -0.3 is 15.0 Å². The van der Waals surface area contributed by atoms with Crippen LogP contribution in [-0.4, -0.2) is 52.3 Å². The lowest BCUT2D eigenvalue weighted by Crippen LogP contribution is -2.15. The van der Waals surface area contributed by atoms with Gasteiger partial charge in [-0.25, -0.2) is 14.4 Å². The van der Waals surface area contributed by atoms with Crippen LogP contribution in [0.4, 0.5) is 10.2 Å². The summed E-state index contributed by atoms with van der Waals surface area (Å²) in [6.07, 6.45) is 2.41. The quantitative estimate of drug-likeness (QED) is 0.380. The first-order valence-corrected chi connectivity index (χ1v) is 10.8. The normalized spacial score (nSPS) is 11.2. The molecule has 0 unspecified atom stereocenters. The Kier molecular flexibility index (Phi) is 7.04. The molecule has 2 aromatic carbocycles. The first-order chi connectivity index (χ1) is 16.0. The Balaban J connectivity index is 1.69. The molecule has 8 heteroatoms. The Bertz CT molecular complexity index is 1210. The van der Waals surface area contributed by atoms with Gasteiger partial charge in [0.15, 0.2) is 0 Å². The lowest BCUT2D eigenvalue weighted by Gasteiger charge is -2.15. The Morgan fingerprint density at radius 3 is 2.52 bits per heavy atom. The minimum absolute atomic E-state index is 0.274. The fraction of sp³-hybridized carbons (Fsp3) is 0.280. The number of hydrogen-bond donors (Lipinski definition) is 1. The summed E-state index contributed by atoms with van der Waals surface area (Å²) in [6, 6.07) is 14.2. The minimum Gasteiger partial charge on any atom is -0.491 e. The van der Waals surface area contributed by atoms with E-state index in [1.807, 2.05) is 45.3 Å². The van der Waals surface area contributed by atoms with E-state index in [-0.39, 0.29) is 5.82 Å². The molecule has 0 saturated heterocycles. The summed E-state index contributed by atoms with van der Waals surface area (Å²) in [5.41, 5.74) is 4.18. The smallest absolute Gasteiger partial charge is 0.146 e. The molecule has 0 radical (unpaired) electrons. The third kappa shape index (κ3) is 5.78. The van der Waals surface area contributed by atoms with E-state index in [1.165, 1.54) is 18.5 Å². The van der Waals surface area contributed by atoms with Gasteiger partial charge in [-0.2, -0.15) is 10.2 Å². The van der Waals surface area contributed by atoms with Crippen LogP contribution in [-0.2, 0) is 6.54 Å². The topological polar surface area (TPSA) is 76.1 Å². The molecule has 0 atom stereocenters. The van der Waals surface area contributed by atoms with Crippen LogP contribution in [0.25, 0.3) is 22.0 Å². The molecule has 4 rings (SSSR count). The van der Waals surface area contributed by atoms with Crippen LogP contribution < -0.4 is 10.1 Å². The fourth-order valence-corrected chi connectivity index (χ4v) is 3.45. The van der Waals surface area contributed by atoms with E-state index >= 15 is 0 Å². The molecule has 33 heavy (non-hydrogen) atoms. The molecule has 0 bridgehead atoms. The van der Waals surface area contributed by atoms with Gasteiger partial charge in [0.25, 0.3) is 0 Å². The van der Waals surface area contributed by atoms with Crippen LogP contribution in [0.5, 0.6) is 5.75 Å². The molecule has 4 aromatic rings. The molecule has 0 fully saturated rings. The third-order valence-electron chi connectivity index (χ3n) is 5.18. The van der Waals surface area contributed by atoms with Crippen molar-refractivity contribution >= 4 is 16.7 Å².